The van der Waals surface area contributed by atoms with Gasteiger partial charge in [0.25, 0.3) is 0 Å². The number of aryl methyl sites for hydroxylation is 1. The average molecular weight is 258 g/mol. The predicted molar refractivity (Wildman–Crippen MR) is 70.6 cm³/mol. The molecule has 1 aromatic heterocycles. The molecule has 0 aliphatic carbocycles. The number of nitrogens with one attached hydrogen (secondary N) is 1. The second kappa shape index (κ2) is 5.65. The van der Waals surface area contributed by atoms with Crippen molar-refractivity contribution in [3.05, 3.63) is 16.5 Å². The second-order valence-corrected chi connectivity index (χ2v) is 4.81. The summed E-state index contributed by atoms with van der Waals surface area (Å²) in [6.07, 6.45) is 1.53. The topological polar surface area (TPSA) is 58.0 Å². The van der Waals surface area contributed by atoms with Gasteiger partial charge in [-0.25, -0.2) is 9.97 Å². The molecule has 0 saturated carbocycles. The molecule has 0 aliphatic rings. The normalized spacial score (nSPS) is 14.5. The van der Waals surface area contributed by atoms with Crippen LogP contribution in [0, 0.1) is 6.92 Å². The van der Waals surface area contributed by atoms with Crippen molar-refractivity contribution in [1.82, 2.24) is 9.97 Å². The minimum Gasteiger partial charge on any atom is -0.394 e. The summed E-state index contributed by atoms with van der Waals surface area (Å²) < 4.78 is 0. The van der Waals surface area contributed by atoms with Crippen molar-refractivity contribution < 1.29 is 5.11 Å². The maximum Gasteiger partial charge on any atom is 0.137 e. The summed E-state index contributed by atoms with van der Waals surface area (Å²) in [6.45, 7) is 7.87. The Hall–Kier alpha value is -0.870. The lowest BCUT2D eigenvalue weighted by Gasteiger charge is -2.28. The molecule has 0 amide bonds. The van der Waals surface area contributed by atoms with Crippen LogP contribution in [-0.2, 0) is 6.42 Å². The maximum absolute atomic E-state index is 9.39. The summed E-state index contributed by atoms with van der Waals surface area (Å²) in [5.41, 5.74) is 0.435. The Bertz CT molecular complexity index is 392. The van der Waals surface area contributed by atoms with Gasteiger partial charge in [-0.3, -0.25) is 0 Å². The van der Waals surface area contributed by atoms with Crippen molar-refractivity contribution in [2.24, 2.45) is 0 Å². The molecule has 96 valence electrons. The summed E-state index contributed by atoms with van der Waals surface area (Å²) in [4.78, 5) is 8.60. The molecule has 5 heteroatoms. The Labute approximate surface area is 107 Å². The molecule has 1 heterocycles. The monoisotopic (exact) mass is 257 g/mol. The lowest BCUT2D eigenvalue weighted by atomic mass is 10.00. The van der Waals surface area contributed by atoms with Gasteiger partial charge >= 0.3 is 0 Å². The van der Waals surface area contributed by atoms with Crippen molar-refractivity contribution in [3.63, 3.8) is 0 Å². The van der Waals surface area contributed by atoms with Gasteiger partial charge in [-0.1, -0.05) is 25.4 Å². The highest BCUT2D eigenvalue weighted by molar-refractivity contribution is 6.30. The van der Waals surface area contributed by atoms with Gasteiger partial charge in [-0.05, 0) is 20.3 Å². The predicted octanol–water partition coefficient (Wildman–Crippen LogP) is 2.57. The van der Waals surface area contributed by atoms with E-state index in [2.05, 4.69) is 15.3 Å². The molecule has 0 aliphatic heterocycles. The van der Waals surface area contributed by atoms with E-state index < -0.39 is 0 Å². The number of aliphatic hydroxyl groups is 1. The fourth-order valence-electron chi connectivity index (χ4n) is 1.34. The largest absolute Gasteiger partial charge is 0.394 e. The molecule has 17 heavy (non-hydrogen) atoms. The number of rotatable bonds is 5. The minimum atomic E-state index is -0.381. The van der Waals surface area contributed by atoms with Crippen molar-refractivity contribution >= 4 is 17.4 Å². The van der Waals surface area contributed by atoms with Gasteiger partial charge in [0.15, 0.2) is 0 Å². The summed E-state index contributed by atoms with van der Waals surface area (Å²) >= 11 is 6.06. The lowest BCUT2D eigenvalue weighted by molar-refractivity contribution is 0.218. The molecule has 1 unspecified atom stereocenters. The van der Waals surface area contributed by atoms with Crippen molar-refractivity contribution in [2.45, 2.75) is 46.1 Å². The van der Waals surface area contributed by atoms with Gasteiger partial charge in [-0.2, -0.15) is 0 Å². The first-order valence-corrected chi connectivity index (χ1v) is 6.25. The average Bonchev–Trinajstić information content (AvgIpc) is 2.34. The maximum atomic E-state index is 9.39. The number of anilines is 1. The van der Waals surface area contributed by atoms with E-state index in [1.807, 2.05) is 27.7 Å². The molecule has 0 aromatic carbocycles. The Morgan fingerprint density at radius 3 is 2.47 bits per heavy atom. The van der Waals surface area contributed by atoms with Crippen molar-refractivity contribution in [2.75, 3.05) is 11.9 Å². The fraction of sp³-hybridized carbons (Fsp3) is 0.667. The van der Waals surface area contributed by atoms with Crippen molar-refractivity contribution in [1.29, 1.82) is 0 Å². The third-order valence-electron chi connectivity index (χ3n) is 3.00. The number of halogens is 1. The van der Waals surface area contributed by atoms with E-state index in [1.54, 1.807) is 0 Å². The van der Waals surface area contributed by atoms with E-state index in [-0.39, 0.29) is 12.1 Å². The number of hydrogen-bond acceptors (Lipinski definition) is 4. The van der Waals surface area contributed by atoms with Crippen LogP contribution in [0.25, 0.3) is 0 Å². The summed E-state index contributed by atoms with van der Waals surface area (Å²) in [6, 6.07) is 0. The molecular formula is C12H20ClN3O. The smallest absolute Gasteiger partial charge is 0.137 e. The molecule has 0 saturated heterocycles. The van der Waals surface area contributed by atoms with E-state index in [0.29, 0.717) is 16.8 Å². The molecule has 2 N–H and O–H groups in total. The van der Waals surface area contributed by atoms with E-state index in [9.17, 15) is 5.11 Å². The van der Waals surface area contributed by atoms with E-state index >= 15 is 0 Å². The Balaban J connectivity index is 3.09. The first-order valence-electron chi connectivity index (χ1n) is 5.87. The first-order chi connectivity index (χ1) is 7.95. The van der Waals surface area contributed by atoms with E-state index in [1.165, 1.54) is 0 Å². The summed E-state index contributed by atoms with van der Waals surface area (Å²) in [5, 5.41) is 13.1. The molecule has 0 spiro atoms. The molecular weight excluding hydrogens is 238 g/mol. The van der Waals surface area contributed by atoms with Crippen LogP contribution in [0.3, 0.4) is 0 Å². The molecule has 4 nitrogen and oxygen atoms in total. The van der Waals surface area contributed by atoms with Crippen LogP contribution >= 0.6 is 11.6 Å². The summed E-state index contributed by atoms with van der Waals surface area (Å²) in [7, 11) is 0. The number of nitrogens with zero attached hydrogens (tertiary/aromatic N) is 2. The second-order valence-electron chi connectivity index (χ2n) is 4.46. The van der Waals surface area contributed by atoms with Gasteiger partial charge in [0, 0.05) is 12.0 Å². The minimum absolute atomic E-state index is 0.0476. The van der Waals surface area contributed by atoms with E-state index in [4.69, 9.17) is 11.6 Å². The quantitative estimate of drug-likeness (QED) is 0.796. The highest BCUT2D eigenvalue weighted by atomic mass is 35.5. The highest BCUT2D eigenvalue weighted by Gasteiger charge is 2.22. The van der Waals surface area contributed by atoms with Gasteiger partial charge < -0.3 is 10.4 Å². The fourth-order valence-corrected chi connectivity index (χ4v) is 1.53. The van der Waals surface area contributed by atoms with E-state index in [0.717, 1.165) is 18.4 Å². The third-order valence-corrected chi connectivity index (χ3v) is 3.37. The Morgan fingerprint density at radius 1 is 1.35 bits per heavy atom. The molecule has 0 fully saturated rings. The Kier molecular flexibility index (Phi) is 4.71. The molecule has 0 bridgehead atoms. The van der Waals surface area contributed by atoms with Gasteiger partial charge in [0.1, 0.15) is 16.8 Å². The van der Waals surface area contributed by atoms with Gasteiger partial charge in [0.2, 0.25) is 0 Å². The standard InChI is InChI=1S/C12H20ClN3O/c1-5-9-14-10(13)8(3)11(15-9)16-12(4,6-2)7-17/h17H,5-7H2,1-4H3,(H,14,15,16). The SMILES string of the molecule is CCc1nc(Cl)c(C)c(NC(C)(CC)CO)n1. The van der Waals surface area contributed by atoms with Gasteiger partial charge in [0.05, 0.1) is 12.1 Å². The molecule has 1 aromatic rings. The lowest BCUT2D eigenvalue weighted by Crippen LogP contribution is -2.38. The van der Waals surface area contributed by atoms with Crippen LogP contribution in [0.4, 0.5) is 5.82 Å². The summed E-state index contributed by atoms with van der Waals surface area (Å²) in [5.74, 6) is 1.42. The number of hydrogen-bond donors (Lipinski definition) is 2. The first kappa shape index (κ1) is 14.2. The van der Waals surface area contributed by atoms with Crippen molar-refractivity contribution in [3.8, 4) is 0 Å². The molecule has 1 atom stereocenters. The molecule has 1 rings (SSSR count). The highest BCUT2D eigenvalue weighted by Crippen LogP contribution is 2.24. The third kappa shape index (κ3) is 3.30. The number of aliphatic hydroxyl groups excluding tert-OH is 1. The molecule has 0 radical (unpaired) electrons. The zero-order valence-corrected chi connectivity index (χ0v) is 11.6. The number of aromatic nitrogens is 2. The van der Waals surface area contributed by atoms with Crippen LogP contribution < -0.4 is 5.32 Å². The van der Waals surface area contributed by atoms with Gasteiger partial charge in [-0.15, -0.1) is 0 Å². The van der Waals surface area contributed by atoms with Crippen LogP contribution in [0.1, 0.15) is 38.6 Å². The van der Waals surface area contributed by atoms with Crippen LogP contribution in [0.2, 0.25) is 5.15 Å². The Morgan fingerprint density at radius 2 is 2.00 bits per heavy atom. The van der Waals surface area contributed by atoms with Crippen LogP contribution in [-0.4, -0.2) is 27.2 Å². The zero-order chi connectivity index (χ0) is 13.1. The van der Waals surface area contributed by atoms with Crippen LogP contribution in [0.15, 0.2) is 0 Å². The van der Waals surface area contributed by atoms with Crippen LogP contribution in [0.5, 0.6) is 0 Å². The zero-order valence-electron chi connectivity index (χ0n) is 10.8.